The third kappa shape index (κ3) is 4.10. The average molecular weight is 517 g/mol. The Kier molecular flexibility index (Phi) is 8.05. The predicted octanol–water partition coefficient (Wildman–Crippen LogP) is 0.845. The highest BCUT2D eigenvalue weighted by molar-refractivity contribution is 6.25. The molecule has 4 rings (SSSR count). The molecule has 4 amide bonds. The summed E-state index contributed by atoms with van der Waals surface area (Å²) in [4.78, 5) is 60.1. The van der Waals surface area contributed by atoms with E-state index in [2.05, 4.69) is 15.6 Å². The van der Waals surface area contributed by atoms with Gasteiger partial charge in [0.2, 0.25) is 0 Å². The van der Waals surface area contributed by atoms with Crippen molar-refractivity contribution in [2.75, 3.05) is 38.3 Å². The van der Waals surface area contributed by atoms with Crippen molar-refractivity contribution < 1.29 is 28.7 Å². The number of carbonyl (C=O) groups excluding carboxylic acids is 4. The number of ether oxygens (including phenoxy) is 2. The van der Waals surface area contributed by atoms with Crippen LogP contribution in [0, 0.1) is 0 Å². The van der Waals surface area contributed by atoms with E-state index in [1.54, 1.807) is 37.2 Å². The van der Waals surface area contributed by atoms with E-state index in [0.717, 1.165) is 15.4 Å². The first-order chi connectivity index (χ1) is 16.3. The Bertz CT molecular complexity index is 905. The van der Waals surface area contributed by atoms with E-state index in [-0.39, 0.29) is 26.6 Å². The van der Waals surface area contributed by atoms with Crippen LogP contribution in [0.2, 0.25) is 0 Å². The van der Waals surface area contributed by atoms with Crippen LogP contribution >= 0.6 is 23.2 Å². The zero-order valence-corrected chi connectivity index (χ0v) is 20.3. The molecule has 186 valence electrons. The number of urea groups is 2. The van der Waals surface area contributed by atoms with Crippen molar-refractivity contribution in [1.82, 2.24) is 30.3 Å². The minimum Gasteiger partial charge on any atom is -0.463 e. The molecule has 3 aliphatic heterocycles. The summed E-state index contributed by atoms with van der Waals surface area (Å²) >= 11 is 10.1. The number of nitrogens with one attached hydrogen (secondary N) is 2. The second kappa shape index (κ2) is 10.6. The van der Waals surface area contributed by atoms with Gasteiger partial charge in [-0.05, 0) is 25.5 Å². The van der Waals surface area contributed by atoms with Crippen LogP contribution in [-0.2, 0) is 25.6 Å². The number of aromatic nitrogens is 1. The molecule has 0 saturated carbocycles. The molecular weight excluding hydrogens is 491 g/mol. The van der Waals surface area contributed by atoms with Crippen molar-refractivity contribution in [3.8, 4) is 0 Å². The van der Waals surface area contributed by atoms with Gasteiger partial charge in [-0.15, -0.1) is 23.2 Å². The summed E-state index contributed by atoms with van der Waals surface area (Å²) in [6.07, 6.45) is 3.31. The summed E-state index contributed by atoms with van der Waals surface area (Å²) in [6, 6.07) is 2.24. The Morgan fingerprint density at radius 2 is 1.59 bits per heavy atom. The molecule has 14 heteroatoms. The number of pyridine rings is 1. The Hall–Kier alpha value is -2.83. The zero-order valence-electron chi connectivity index (χ0n) is 18.8. The Labute approximate surface area is 206 Å². The van der Waals surface area contributed by atoms with Gasteiger partial charge in [0.25, 0.3) is 11.3 Å². The molecule has 0 radical (unpaired) electrons. The third-order valence-corrected chi connectivity index (χ3v) is 5.98. The summed E-state index contributed by atoms with van der Waals surface area (Å²) in [5.41, 5.74) is -3.28. The van der Waals surface area contributed by atoms with Crippen LogP contribution in [0.1, 0.15) is 19.4 Å². The van der Waals surface area contributed by atoms with Crippen LogP contribution in [-0.4, -0.2) is 93.3 Å². The topological polar surface area (TPSA) is 133 Å². The van der Waals surface area contributed by atoms with Crippen molar-refractivity contribution in [3.05, 3.63) is 30.1 Å². The lowest BCUT2D eigenvalue weighted by atomic mass is 9.92. The maximum Gasteiger partial charge on any atom is 0.359 e. The van der Waals surface area contributed by atoms with Gasteiger partial charge in [-0.1, -0.05) is 6.07 Å². The molecule has 0 aliphatic carbocycles. The summed E-state index contributed by atoms with van der Waals surface area (Å²) < 4.78 is 10.3. The van der Waals surface area contributed by atoms with E-state index >= 15 is 0 Å². The second-order valence-electron chi connectivity index (χ2n) is 7.43. The third-order valence-electron chi connectivity index (χ3n) is 5.41. The van der Waals surface area contributed by atoms with Crippen molar-refractivity contribution in [2.24, 2.45) is 0 Å². The molecule has 0 unspecified atom stereocenters. The summed E-state index contributed by atoms with van der Waals surface area (Å²) in [5, 5.41) is 4.96. The number of nitrogens with zero attached hydrogens (tertiary/aromatic N) is 4. The highest BCUT2D eigenvalue weighted by Crippen LogP contribution is 2.45. The van der Waals surface area contributed by atoms with Gasteiger partial charge in [-0.25, -0.2) is 19.2 Å². The molecule has 1 aromatic heterocycles. The lowest BCUT2D eigenvalue weighted by molar-refractivity contribution is -0.189. The number of rotatable bonds is 7. The summed E-state index contributed by atoms with van der Waals surface area (Å²) in [7, 11) is 0. The minimum atomic E-state index is -2.11. The first-order valence-corrected chi connectivity index (χ1v) is 11.7. The van der Waals surface area contributed by atoms with Gasteiger partial charge in [0.05, 0.1) is 26.6 Å². The van der Waals surface area contributed by atoms with Crippen molar-refractivity contribution in [2.45, 2.75) is 31.7 Å². The molecule has 3 saturated heterocycles. The van der Waals surface area contributed by atoms with E-state index in [1.807, 2.05) is 6.07 Å². The minimum absolute atomic E-state index is 0.00163. The Morgan fingerprint density at radius 3 is 2.06 bits per heavy atom. The number of hydrogen-bond acceptors (Lipinski definition) is 8. The molecule has 0 spiro atoms. The molecule has 4 heterocycles. The fourth-order valence-corrected chi connectivity index (χ4v) is 4.22. The first-order valence-electron chi connectivity index (χ1n) is 10.6. The van der Waals surface area contributed by atoms with Crippen LogP contribution in [0.3, 0.4) is 0 Å². The molecule has 0 bridgehead atoms. The van der Waals surface area contributed by atoms with E-state index < -0.39 is 35.3 Å². The van der Waals surface area contributed by atoms with Crippen molar-refractivity contribution in [1.29, 1.82) is 0 Å². The number of hydrogen-bond donors (Lipinski definition) is 2. The normalized spacial score (nSPS) is 25.1. The Morgan fingerprint density at radius 1 is 1.03 bits per heavy atom. The number of amides is 4. The fourth-order valence-electron chi connectivity index (χ4n) is 4.22. The maximum atomic E-state index is 13.2. The number of halogens is 2. The molecular formula is C20H26Cl2N6O6. The molecule has 1 aromatic rings. The van der Waals surface area contributed by atoms with Crippen molar-refractivity contribution >= 4 is 47.2 Å². The van der Waals surface area contributed by atoms with Crippen LogP contribution in [0.4, 0.5) is 9.59 Å². The molecule has 3 aliphatic rings. The quantitative estimate of drug-likeness (QED) is 0.402. The lowest BCUT2D eigenvalue weighted by Gasteiger charge is -2.49. The average Bonchev–Trinajstić information content (AvgIpc) is 3.24. The molecule has 34 heavy (non-hydrogen) atoms. The van der Waals surface area contributed by atoms with Crippen LogP contribution in [0.25, 0.3) is 0 Å². The smallest absolute Gasteiger partial charge is 0.359 e. The fraction of sp³-hybridized carbons (Fsp3) is 0.550. The predicted molar refractivity (Wildman–Crippen MR) is 120 cm³/mol. The van der Waals surface area contributed by atoms with E-state index in [0.29, 0.717) is 18.3 Å². The molecule has 3 fully saturated rings. The van der Waals surface area contributed by atoms with Crippen LogP contribution in [0.15, 0.2) is 24.5 Å². The second-order valence-corrected chi connectivity index (χ2v) is 8.19. The van der Waals surface area contributed by atoms with Gasteiger partial charge in [0, 0.05) is 30.7 Å². The lowest BCUT2D eigenvalue weighted by Crippen LogP contribution is -2.78. The van der Waals surface area contributed by atoms with Gasteiger partial charge in [0.1, 0.15) is 0 Å². The largest absolute Gasteiger partial charge is 0.463 e. The molecule has 0 atom stereocenters. The standard InChI is InChI=1S/C18H22N6O6.C2H4Cl2/c1-3-29-13(25)17-18(14(26)30-4-2)23(15(27)20-17)10-22(11-24(18)16(28)21-17)9-12-6-5-7-19-8-12;3-1-2-4/h5-8H,3-4,9-11H2,1-2H3,(H,20,27)(H,21,28);1-2H2. The highest BCUT2D eigenvalue weighted by Gasteiger charge is 2.82. The summed E-state index contributed by atoms with van der Waals surface area (Å²) in [5.74, 6) is -0.718. The van der Waals surface area contributed by atoms with Gasteiger partial charge in [0.15, 0.2) is 0 Å². The van der Waals surface area contributed by atoms with Crippen molar-refractivity contribution in [3.63, 3.8) is 0 Å². The highest BCUT2D eigenvalue weighted by atomic mass is 35.5. The van der Waals surface area contributed by atoms with Crippen LogP contribution < -0.4 is 10.6 Å². The Balaban J connectivity index is 0.000000751. The summed E-state index contributed by atoms with van der Waals surface area (Å²) in [6.45, 7) is 3.52. The van der Waals surface area contributed by atoms with E-state index in [9.17, 15) is 19.2 Å². The molecule has 2 N–H and O–H groups in total. The van der Waals surface area contributed by atoms with Gasteiger partial charge in [-0.3, -0.25) is 19.7 Å². The van der Waals surface area contributed by atoms with Crippen LogP contribution in [0.5, 0.6) is 0 Å². The molecule has 12 nitrogen and oxygen atoms in total. The van der Waals surface area contributed by atoms with E-state index in [1.165, 1.54) is 0 Å². The van der Waals surface area contributed by atoms with E-state index in [4.69, 9.17) is 32.7 Å². The van der Waals surface area contributed by atoms with Gasteiger partial charge in [-0.2, -0.15) is 0 Å². The SMILES string of the molecule is CCOC(=O)C12NC(=O)N3CN(Cc4cccnc4)CN(C(=O)N1)C32C(=O)OCC.ClCCCl. The number of esters is 2. The number of carbonyl (C=O) groups is 4. The van der Waals surface area contributed by atoms with Gasteiger partial charge < -0.3 is 20.1 Å². The molecule has 0 aromatic carbocycles. The number of alkyl halides is 2. The monoisotopic (exact) mass is 516 g/mol. The maximum absolute atomic E-state index is 13.2. The van der Waals surface area contributed by atoms with Gasteiger partial charge >= 0.3 is 24.0 Å². The zero-order chi connectivity index (χ0) is 24.9. The first kappa shape index (κ1) is 25.8.